The first-order valence-corrected chi connectivity index (χ1v) is 7.88. The van der Waals surface area contributed by atoms with Gasteiger partial charge in [0.05, 0.1) is 25.5 Å². The summed E-state index contributed by atoms with van der Waals surface area (Å²) >= 11 is 0. The van der Waals surface area contributed by atoms with Crippen LogP contribution in [0.15, 0.2) is 29.1 Å². The van der Waals surface area contributed by atoms with E-state index in [1.807, 2.05) is 0 Å². The highest BCUT2D eigenvalue weighted by Gasteiger charge is 2.20. The van der Waals surface area contributed by atoms with Gasteiger partial charge in [-0.1, -0.05) is 18.2 Å². The number of likely N-dealkylation sites (N-methyl/N-ethyl adjacent to an activating group) is 1. The van der Waals surface area contributed by atoms with E-state index >= 15 is 0 Å². The molecule has 124 valence electrons. The summed E-state index contributed by atoms with van der Waals surface area (Å²) in [5.41, 5.74) is -0.0387. The fourth-order valence-electron chi connectivity index (χ4n) is 2.42. The first-order chi connectivity index (χ1) is 10.9. The van der Waals surface area contributed by atoms with Crippen molar-refractivity contribution < 1.29 is 14.0 Å². The number of aryl methyl sites for hydroxylation is 1. The van der Waals surface area contributed by atoms with Crippen LogP contribution < -0.4 is 5.56 Å². The molecule has 0 spiro atoms. The fraction of sp³-hybridized carbons (Fsp3) is 0.471. The minimum Gasteiger partial charge on any atom is -0.455 e. The van der Waals surface area contributed by atoms with Crippen molar-refractivity contribution in [1.82, 2.24) is 9.78 Å². The van der Waals surface area contributed by atoms with Gasteiger partial charge in [0.25, 0.3) is 5.56 Å². The van der Waals surface area contributed by atoms with E-state index < -0.39 is 5.97 Å². The maximum atomic E-state index is 12.4. The Morgan fingerprint density at radius 2 is 1.83 bits per heavy atom. The number of hydrogen-bond donors (Lipinski definition) is 0. The molecule has 1 heterocycles. The van der Waals surface area contributed by atoms with Crippen molar-refractivity contribution in [3.8, 4) is 0 Å². The summed E-state index contributed by atoms with van der Waals surface area (Å²) < 4.78 is 7.42. The molecule has 0 aliphatic carbocycles. The van der Waals surface area contributed by atoms with Crippen LogP contribution >= 0.6 is 0 Å². The number of benzene rings is 1. The third kappa shape index (κ3) is 3.59. The molecule has 1 aromatic heterocycles. The molecule has 2 aromatic rings. The highest BCUT2D eigenvalue weighted by Crippen LogP contribution is 2.14. The van der Waals surface area contributed by atoms with Crippen molar-refractivity contribution in [2.24, 2.45) is 7.05 Å². The number of nitrogens with zero attached hydrogens (tertiary/aromatic N) is 3. The first-order valence-electron chi connectivity index (χ1n) is 7.88. The van der Waals surface area contributed by atoms with Crippen LogP contribution in [0.5, 0.6) is 0 Å². The summed E-state index contributed by atoms with van der Waals surface area (Å²) in [7, 11) is 3.67. The Labute approximate surface area is 135 Å². The van der Waals surface area contributed by atoms with E-state index in [1.54, 1.807) is 24.3 Å². The lowest BCUT2D eigenvalue weighted by Gasteiger charge is -2.31. The largest absolute Gasteiger partial charge is 0.455 e. The summed E-state index contributed by atoms with van der Waals surface area (Å²) in [4.78, 5) is 24.4. The molecular weight excluding hydrogens is 294 g/mol. The van der Waals surface area contributed by atoms with Gasteiger partial charge in [0, 0.05) is 12.4 Å². The summed E-state index contributed by atoms with van der Waals surface area (Å²) in [6.07, 6.45) is 0. The number of quaternary nitrogens is 1. The van der Waals surface area contributed by atoms with Gasteiger partial charge in [-0.3, -0.25) is 4.79 Å². The van der Waals surface area contributed by atoms with Crippen LogP contribution in [0.1, 0.15) is 24.3 Å². The van der Waals surface area contributed by atoms with E-state index in [2.05, 4.69) is 26.0 Å². The SMILES string of the molecule is CC[N+](C)(CC)CCOC(=O)c1nn(C)c(=O)c2ccccc12. The lowest BCUT2D eigenvalue weighted by molar-refractivity contribution is -0.906. The Morgan fingerprint density at radius 3 is 2.43 bits per heavy atom. The molecule has 0 amide bonds. The molecule has 0 aliphatic rings. The molecule has 23 heavy (non-hydrogen) atoms. The minimum absolute atomic E-state index is 0.185. The molecule has 0 saturated carbocycles. The summed E-state index contributed by atoms with van der Waals surface area (Å²) in [5, 5.41) is 5.08. The quantitative estimate of drug-likeness (QED) is 0.599. The topological polar surface area (TPSA) is 61.2 Å². The molecule has 0 radical (unpaired) electrons. The van der Waals surface area contributed by atoms with Crippen molar-refractivity contribution in [2.45, 2.75) is 13.8 Å². The maximum Gasteiger partial charge on any atom is 0.359 e. The number of carbonyl (C=O) groups is 1. The zero-order valence-corrected chi connectivity index (χ0v) is 14.2. The maximum absolute atomic E-state index is 12.4. The van der Waals surface area contributed by atoms with E-state index in [0.29, 0.717) is 17.4 Å². The smallest absolute Gasteiger partial charge is 0.359 e. The predicted molar refractivity (Wildman–Crippen MR) is 89.4 cm³/mol. The number of rotatable bonds is 6. The monoisotopic (exact) mass is 318 g/mol. The number of fused-ring (bicyclic) bond motifs is 1. The second-order valence-electron chi connectivity index (χ2n) is 5.93. The van der Waals surface area contributed by atoms with E-state index in [-0.39, 0.29) is 11.3 Å². The third-order valence-corrected chi connectivity index (χ3v) is 4.54. The average Bonchev–Trinajstić information content (AvgIpc) is 2.57. The van der Waals surface area contributed by atoms with Crippen LogP contribution in [-0.2, 0) is 11.8 Å². The van der Waals surface area contributed by atoms with Crippen LogP contribution in [0, 0.1) is 0 Å². The Kier molecular flexibility index (Phi) is 5.15. The molecule has 0 saturated heterocycles. The Hall–Kier alpha value is -2.21. The van der Waals surface area contributed by atoms with Gasteiger partial charge in [0.15, 0.2) is 5.69 Å². The number of aromatic nitrogens is 2. The highest BCUT2D eigenvalue weighted by atomic mass is 16.5. The second-order valence-corrected chi connectivity index (χ2v) is 5.93. The zero-order chi connectivity index (χ0) is 17.0. The molecule has 0 N–H and O–H groups in total. The van der Waals surface area contributed by atoms with Crippen LogP contribution in [0.2, 0.25) is 0 Å². The van der Waals surface area contributed by atoms with Gasteiger partial charge in [-0.15, -0.1) is 0 Å². The number of hydrogen-bond acceptors (Lipinski definition) is 4. The lowest BCUT2D eigenvalue weighted by atomic mass is 10.1. The normalized spacial score (nSPS) is 11.7. The highest BCUT2D eigenvalue weighted by molar-refractivity contribution is 6.02. The van der Waals surface area contributed by atoms with Crippen LogP contribution in [0.3, 0.4) is 0 Å². The predicted octanol–water partition coefficient (Wildman–Crippen LogP) is 1.58. The number of esters is 1. The van der Waals surface area contributed by atoms with E-state index in [9.17, 15) is 9.59 Å². The Morgan fingerprint density at radius 1 is 1.22 bits per heavy atom. The molecule has 0 bridgehead atoms. The molecule has 1 aromatic carbocycles. The van der Waals surface area contributed by atoms with Crippen LogP contribution in [0.25, 0.3) is 10.8 Å². The summed E-state index contributed by atoms with van der Waals surface area (Å²) in [5.74, 6) is -0.490. The Bertz CT molecular complexity index is 763. The van der Waals surface area contributed by atoms with Gasteiger partial charge >= 0.3 is 5.97 Å². The minimum atomic E-state index is -0.490. The van der Waals surface area contributed by atoms with E-state index in [0.717, 1.165) is 24.1 Å². The zero-order valence-electron chi connectivity index (χ0n) is 14.2. The van der Waals surface area contributed by atoms with Crippen molar-refractivity contribution in [3.05, 3.63) is 40.3 Å². The van der Waals surface area contributed by atoms with Crippen molar-refractivity contribution >= 4 is 16.7 Å². The van der Waals surface area contributed by atoms with Gasteiger partial charge in [-0.05, 0) is 19.9 Å². The van der Waals surface area contributed by atoms with Crippen molar-refractivity contribution in [1.29, 1.82) is 0 Å². The number of ether oxygens (including phenoxy) is 1. The van der Waals surface area contributed by atoms with Crippen molar-refractivity contribution in [2.75, 3.05) is 33.3 Å². The first kappa shape index (κ1) is 17.1. The van der Waals surface area contributed by atoms with E-state index in [4.69, 9.17) is 4.74 Å². The Balaban J connectivity index is 2.22. The lowest BCUT2D eigenvalue weighted by Crippen LogP contribution is -2.46. The summed E-state index contributed by atoms with van der Waals surface area (Å²) in [6, 6.07) is 6.96. The second kappa shape index (κ2) is 6.91. The number of carbonyl (C=O) groups excluding carboxylic acids is 1. The average molecular weight is 318 g/mol. The standard InChI is InChI=1S/C17H24N3O3/c1-5-20(4,6-2)11-12-23-17(22)15-13-9-7-8-10-14(13)16(21)19(3)18-15/h7-10H,5-6,11-12H2,1-4H3/q+1. The molecule has 0 aliphatic heterocycles. The molecule has 6 nitrogen and oxygen atoms in total. The molecular formula is C17H24N3O3+. The molecule has 0 fully saturated rings. The van der Waals surface area contributed by atoms with Gasteiger partial charge in [-0.2, -0.15) is 5.10 Å². The molecule has 0 atom stereocenters. The van der Waals surface area contributed by atoms with Crippen LogP contribution in [0.4, 0.5) is 0 Å². The van der Waals surface area contributed by atoms with E-state index in [1.165, 1.54) is 11.7 Å². The van der Waals surface area contributed by atoms with Gasteiger partial charge < -0.3 is 9.22 Å². The van der Waals surface area contributed by atoms with Gasteiger partial charge in [0.1, 0.15) is 13.2 Å². The summed E-state index contributed by atoms with van der Waals surface area (Å²) in [6.45, 7) is 7.28. The molecule has 2 rings (SSSR count). The van der Waals surface area contributed by atoms with Gasteiger partial charge in [0.2, 0.25) is 0 Å². The van der Waals surface area contributed by atoms with Crippen molar-refractivity contribution in [3.63, 3.8) is 0 Å². The van der Waals surface area contributed by atoms with Crippen LogP contribution in [-0.4, -0.2) is 53.5 Å². The molecule has 6 heteroatoms. The fourth-order valence-corrected chi connectivity index (χ4v) is 2.42. The third-order valence-electron chi connectivity index (χ3n) is 4.54. The van der Waals surface area contributed by atoms with Gasteiger partial charge in [-0.25, -0.2) is 9.48 Å². The molecule has 0 unspecified atom stereocenters.